The molecule has 0 aliphatic heterocycles. The molecule has 0 atom stereocenters. The van der Waals surface area contributed by atoms with Crippen LogP contribution in [-0.4, -0.2) is 39.8 Å². The van der Waals surface area contributed by atoms with Crippen LogP contribution in [0.5, 0.6) is 5.75 Å². The van der Waals surface area contributed by atoms with E-state index in [2.05, 4.69) is 18.0 Å². The summed E-state index contributed by atoms with van der Waals surface area (Å²) in [5, 5.41) is 8.18. The maximum absolute atomic E-state index is 11.9. The average molecular weight is 397 g/mol. The van der Waals surface area contributed by atoms with Crippen LogP contribution in [-0.2, 0) is 17.6 Å². The SMILES string of the molecule is CCOc1ccc(-c2nccc(CCCC(=N)N(CC)C(=O)CC)n2)cc1CC. The van der Waals surface area contributed by atoms with Crippen molar-refractivity contribution in [2.24, 2.45) is 0 Å². The van der Waals surface area contributed by atoms with Crippen LogP contribution in [0.15, 0.2) is 30.5 Å². The van der Waals surface area contributed by atoms with Crippen molar-refractivity contribution >= 4 is 11.7 Å². The smallest absolute Gasteiger partial charge is 0.227 e. The monoisotopic (exact) mass is 396 g/mol. The van der Waals surface area contributed by atoms with Crippen molar-refractivity contribution in [2.75, 3.05) is 13.2 Å². The lowest BCUT2D eigenvalue weighted by Crippen LogP contribution is -2.35. The first-order chi connectivity index (χ1) is 14.0. The molecule has 0 saturated heterocycles. The minimum absolute atomic E-state index is 0.00375. The molecule has 0 unspecified atom stereocenters. The third-order valence-corrected chi connectivity index (χ3v) is 4.80. The largest absolute Gasteiger partial charge is 0.494 e. The fourth-order valence-electron chi connectivity index (χ4n) is 3.25. The van der Waals surface area contributed by atoms with E-state index in [1.807, 2.05) is 39.0 Å². The first kappa shape index (κ1) is 22.5. The topological polar surface area (TPSA) is 79.2 Å². The molecule has 0 fully saturated rings. The zero-order valence-corrected chi connectivity index (χ0v) is 18.0. The zero-order chi connectivity index (χ0) is 21.2. The van der Waals surface area contributed by atoms with Gasteiger partial charge in [0, 0.05) is 36.8 Å². The fraction of sp³-hybridized carbons (Fsp3) is 0.478. The van der Waals surface area contributed by atoms with Gasteiger partial charge in [-0.3, -0.25) is 10.2 Å². The Kier molecular flexibility index (Phi) is 8.77. The number of carbonyl (C=O) groups excluding carboxylic acids is 1. The van der Waals surface area contributed by atoms with Crippen molar-refractivity contribution < 1.29 is 9.53 Å². The highest BCUT2D eigenvalue weighted by Gasteiger charge is 2.14. The van der Waals surface area contributed by atoms with E-state index in [0.717, 1.165) is 41.8 Å². The second kappa shape index (κ2) is 11.3. The Morgan fingerprint density at radius 1 is 1.17 bits per heavy atom. The number of rotatable bonds is 10. The van der Waals surface area contributed by atoms with Gasteiger partial charge in [0.15, 0.2) is 5.82 Å². The number of carbonyl (C=O) groups is 1. The van der Waals surface area contributed by atoms with Gasteiger partial charge in [-0.25, -0.2) is 9.97 Å². The van der Waals surface area contributed by atoms with Crippen LogP contribution in [0.25, 0.3) is 11.4 Å². The molecule has 1 amide bonds. The molecule has 29 heavy (non-hydrogen) atoms. The molecule has 0 spiro atoms. The summed E-state index contributed by atoms with van der Waals surface area (Å²) in [7, 11) is 0. The molecule has 0 bridgehead atoms. The number of hydrogen-bond donors (Lipinski definition) is 1. The molecule has 6 heteroatoms. The molecule has 2 aromatic rings. The van der Waals surface area contributed by atoms with Gasteiger partial charge in [-0.05, 0) is 62.9 Å². The maximum atomic E-state index is 11.9. The maximum Gasteiger partial charge on any atom is 0.227 e. The molecule has 1 aromatic carbocycles. The van der Waals surface area contributed by atoms with Gasteiger partial charge in [-0.2, -0.15) is 0 Å². The molecular weight excluding hydrogens is 364 g/mol. The molecule has 0 saturated carbocycles. The Balaban J connectivity index is 2.04. The van der Waals surface area contributed by atoms with Crippen LogP contribution in [0.1, 0.15) is 58.2 Å². The van der Waals surface area contributed by atoms with Crippen LogP contribution < -0.4 is 4.74 Å². The second-order valence-electron chi connectivity index (χ2n) is 6.77. The van der Waals surface area contributed by atoms with Crippen molar-refractivity contribution in [1.29, 1.82) is 5.41 Å². The van der Waals surface area contributed by atoms with Crippen molar-refractivity contribution in [3.63, 3.8) is 0 Å². The van der Waals surface area contributed by atoms with Gasteiger partial charge in [-0.1, -0.05) is 13.8 Å². The number of nitrogens with zero attached hydrogens (tertiary/aromatic N) is 3. The quantitative estimate of drug-likeness (QED) is 0.468. The van der Waals surface area contributed by atoms with E-state index in [1.165, 1.54) is 0 Å². The summed E-state index contributed by atoms with van der Waals surface area (Å²) in [6, 6.07) is 7.99. The third-order valence-electron chi connectivity index (χ3n) is 4.80. The van der Waals surface area contributed by atoms with E-state index in [0.29, 0.717) is 37.7 Å². The number of benzene rings is 1. The van der Waals surface area contributed by atoms with Gasteiger partial charge in [-0.15, -0.1) is 0 Å². The molecule has 0 radical (unpaired) electrons. The van der Waals surface area contributed by atoms with Crippen LogP contribution in [0.2, 0.25) is 0 Å². The highest BCUT2D eigenvalue weighted by Crippen LogP contribution is 2.25. The van der Waals surface area contributed by atoms with E-state index < -0.39 is 0 Å². The lowest BCUT2D eigenvalue weighted by atomic mass is 10.1. The lowest BCUT2D eigenvalue weighted by molar-refractivity contribution is -0.127. The predicted octanol–water partition coefficient (Wildman–Crippen LogP) is 4.66. The molecule has 2 rings (SSSR count). The van der Waals surface area contributed by atoms with E-state index in [-0.39, 0.29) is 5.91 Å². The van der Waals surface area contributed by atoms with Crippen molar-refractivity contribution in [2.45, 2.75) is 59.8 Å². The summed E-state index contributed by atoms with van der Waals surface area (Å²) in [4.78, 5) is 22.6. The Morgan fingerprint density at radius 2 is 1.97 bits per heavy atom. The Morgan fingerprint density at radius 3 is 2.62 bits per heavy atom. The molecule has 0 aliphatic carbocycles. The van der Waals surface area contributed by atoms with Crippen LogP contribution >= 0.6 is 0 Å². The van der Waals surface area contributed by atoms with Gasteiger partial charge >= 0.3 is 0 Å². The number of amides is 1. The molecule has 1 heterocycles. The molecule has 1 N–H and O–H groups in total. The summed E-state index contributed by atoms with van der Waals surface area (Å²) in [6.07, 6.45) is 5.16. The summed E-state index contributed by atoms with van der Waals surface area (Å²) in [6.45, 7) is 9.01. The Bertz CT molecular complexity index is 835. The highest BCUT2D eigenvalue weighted by molar-refractivity contribution is 5.96. The standard InChI is InChI=1S/C23H32N4O2/c1-5-17-16-18(12-13-20(17)29-8-4)23-25-15-14-19(26-23)10-9-11-21(24)27(7-3)22(28)6-2/h12-16,24H,5-11H2,1-4H3. The minimum Gasteiger partial charge on any atom is -0.494 e. The minimum atomic E-state index is 0.00375. The van der Waals surface area contributed by atoms with Gasteiger partial charge in [0.05, 0.1) is 6.61 Å². The number of aromatic nitrogens is 2. The average Bonchev–Trinajstić information content (AvgIpc) is 2.74. The fourth-order valence-corrected chi connectivity index (χ4v) is 3.25. The number of ether oxygens (including phenoxy) is 1. The third kappa shape index (κ3) is 6.11. The first-order valence-electron chi connectivity index (χ1n) is 10.5. The Labute approximate surface area is 173 Å². The molecular formula is C23H32N4O2. The van der Waals surface area contributed by atoms with E-state index in [9.17, 15) is 4.79 Å². The van der Waals surface area contributed by atoms with E-state index in [1.54, 1.807) is 11.1 Å². The lowest BCUT2D eigenvalue weighted by Gasteiger charge is -2.20. The van der Waals surface area contributed by atoms with Crippen LogP contribution in [0, 0.1) is 5.41 Å². The number of aryl methyl sites for hydroxylation is 2. The zero-order valence-electron chi connectivity index (χ0n) is 18.0. The molecule has 1 aromatic heterocycles. The van der Waals surface area contributed by atoms with Crippen molar-refractivity contribution in [1.82, 2.24) is 14.9 Å². The highest BCUT2D eigenvalue weighted by atomic mass is 16.5. The molecule has 6 nitrogen and oxygen atoms in total. The number of nitrogens with one attached hydrogen (secondary N) is 1. The second-order valence-corrected chi connectivity index (χ2v) is 6.77. The number of amidine groups is 1. The van der Waals surface area contributed by atoms with Gasteiger partial charge < -0.3 is 9.64 Å². The summed E-state index contributed by atoms with van der Waals surface area (Å²) >= 11 is 0. The van der Waals surface area contributed by atoms with E-state index >= 15 is 0 Å². The van der Waals surface area contributed by atoms with E-state index in [4.69, 9.17) is 15.1 Å². The van der Waals surface area contributed by atoms with Gasteiger partial charge in [0.2, 0.25) is 5.91 Å². The molecule has 0 aliphatic rings. The molecule has 156 valence electrons. The van der Waals surface area contributed by atoms with Crippen molar-refractivity contribution in [3.05, 3.63) is 41.7 Å². The van der Waals surface area contributed by atoms with Crippen LogP contribution in [0.3, 0.4) is 0 Å². The van der Waals surface area contributed by atoms with Gasteiger partial charge in [0.25, 0.3) is 0 Å². The number of hydrogen-bond acceptors (Lipinski definition) is 5. The Hall–Kier alpha value is -2.76. The van der Waals surface area contributed by atoms with Gasteiger partial charge in [0.1, 0.15) is 11.6 Å². The predicted molar refractivity (Wildman–Crippen MR) is 116 cm³/mol. The normalized spacial score (nSPS) is 10.6. The summed E-state index contributed by atoms with van der Waals surface area (Å²) < 4.78 is 5.68. The van der Waals surface area contributed by atoms with Crippen molar-refractivity contribution in [3.8, 4) is 17.1 Å². The van der Waals surface area contributed by atoms with Crippen LogP contribution in [0.4, 0.5) is 0 Å². The first-order valence-corrected chi connectivity index (χ1v) is 10.5. The summed E-state index contributed by atoms with van der Waals surface area (Å²) in [5.41, 5.74) is 3.07. The summed E-state index contributed by atoms with van der Waals surface area (Å²) in [5.74, 6) is 2.00.